The molecule has 0 radical (unpaired) electrons. The number of sulfonamides is 1. The first kappa shape index (κ1) is 21.3. The molecule has 0 saturated carbocycles. The third-order valence-corrected chi connectivity index (χ3v) is 7.10. The van der Waals surface area contributed by atoms with Crippen LogP contribution in [0, 0.1) is 6.92 Å². The minimum atomic E-state index is -3.79. The topological polar surface area (TPSA) is 64.6 Å². The van der Waals surface area contributed by atoms with Crippen molar-refractivity contribution in [2.75, 3.05) is 0 Å². The maximum absolute atomic E-state index is 13.0. The van der Waals surface area contributed by atoms with E-state index in [4.69, 9.17) is 21.1 Å². The van der Waals surface area contributed by atoms with Gasteiger partial charge in [-0.3, -0.25) is 0 Å². The van der Waals surface area contributed by atoms with Gasteiger partial charge in [0, 0.05) is 5.02 Å². The van der Waals surface area contributed by atoms with Gasteiger partial charge in [0.25, 0.3) is 0 Å². The summed E-state index contributed by atoms with van der Waals surface area (Å²) in [6.07, 6.45) is -0.786. The van der Waals surface area contributed by atoms with Crippen molar-refractivity contribution in [3.63, 3.8) is 0 Å². The highest BCUT2D eigenvalue weighted by Gasteiger charge is 2.52. The summed E-state index contributed by atoms with van der Waals surface area (Å²) in [6.45, 7) is 9.63. The van der Waals surface area contributed by atoms with E-state index in [0.717, 1.165) is 5.56 Å². The number of ether oxygens (including phenoxy) is 2. The highest BCUT2D eigenvalue weighted by atomic mass is 35.5. The number of rotatable bonds is 5. The van der Waals surface area contributed by atoms with Gasteiger partial charge >= 0.3 is 0 Å². The monoisotopic (exact) mass is 423 g/mol. The van der Waals surface area contributed by atoms with Crippen molar-refractivity contribution >= 4 is 21.6 Å². The zero-order chi connectivity index (χ0) is 20.7. The smallest absolute Gasteiger partial charge is 0.241 e. The maximum Gasteiger partial charge on any atom is 0.241 e. The normalized spacial score (nSPS) is 20.2. The van der Waals surface area contributed by atoms with Crippen molar-refractivity contribution in [2.24, 2.45) is 0 Å². The Morgan fingerprint density at radius 2 is 1.43 bits per heavy atom. The summed E-state index contributed by atoms with van der Waals surface area (Å²) in [5.74, 6) is 0. The van der Waals surface area contributed by atoms with Crippen molar-refractivity contribution in [3.8, 4) is 0 Å². The van der Waals surface area contributed by atoms with Crippen molar-refractivity contribution in [1.29, 1.82) is 0 Å². The van der Waals surface area contributed by atoms with Gasteiger partial charge in [-0.25, -0.2) is 8.42 Å². The molecule has 0 unspecified atom stereocenters. The molecule has 152 valence electrons. The number of halogens is 1. The lowest BCUT2D eigenvalue weighted by molar-refractivity contribution is -0.105. The van der Waals surface area contributed by atoms with Gasteiger partial charge in [0.05, 0.1) is 22.1 Å². The molecule has 2 aromatic carbocycles. The molecular formula is C21H26ClNO4S. The fourth-order valence-electron chi connectivity index (χ4n) is 2.93. The van der Waals surface area contributed by atoms with E-state index >= 15 is 0 Å². The van der Waals surface area contributed by atoms with Crippen molar-refractivity contribution < 1.29 is 17.9 Å². The first-order valence-corrected chi connectivity index (χ1v) is 11.0. The summed E-state index contributed by atoms with van der Waals surface area (Å²) in [5.41, 5.74) is 0.521. The lowest BCUT2D eigenvalue weighted by Gasteiger charge is -2.30. The highest BCUT2D eigenvalue weighted by molar-refractivity contribution is 7.89. The number of nitrogens with one attached hydrogen (secondary N) is 1. The molecule has 5 nitrogen and oxygen atoms in total. The lowest BCUT2D eigenvalue weighted by Crippen LogP contribution is -2.41. The Morgan fingerprint density at radius 1 is 0.929 bits per heavy atom. The molecule has 0 amide bonds. The lowest BCUT2D eigenvalue weighted by atomic mass is 9.90. The minimum absolute atomic E-state index is 0.189. The first-order chi connectivity index (χ1) is 12.9. The fourth-order valence-corrected chi connectivity index (χ4v) is 4.27. The van der Waals surface area contributed by atoms with Gasteiger partial charge < -0.3 is 9.47 Å². The molecule has 1 atom stereocenters. The second-order valence-electron chi connectivity index (χ2n) is 8.09. The van der Waals surface area contributed by atoms with Gasteiger partial charge in [-0.15, -0.1) is 0 Å². The van der Waals surface area contributed by atoms with Crippen LogP contribution in [0.25, 0.3) is 0 Å². The van der Waals surface area contributed by atoms with E-state index < -0.39 is 33.6 Å². The third kappa shape index (κ3) is 4.26. The van der Waals surface area contributed by atoms with Gasteiger partial charge in [0.2, 0.25) is 10.0 Å². The molecule has 28 heavy (non-hydrogen) atoms. The molecule has 1 aliphatic rings. The predicted octanol–water partition coefficient (Wildman–Crippen LogP) is 4.60. The van der Waals surface area contributed by atoms with Crippen LogP contribution in [0.3, 0.4) is 0 Å². The fraction of sp³-hybridized carbons (Fsp3) is 0.429. The van der Waals surface area contributed by atoms with Crippen molar-refractivity contribution in [3.05, 3.63) is 64.7 Å². The quantitative estimate of drug-likeness (QED) is 0.763. The first-order valence-electron chi connectivity index (χ1n) is 9.11. The van der Waals surface area contributed by atoms with Gasteiger partial charge in [-0.1, -0.05) is 41.4 Å². The molecule has 7 heteroatoms. The van der Waals surface area contributed by atoms with Crippen LogP contribution < -0.4 is 4.72 Å². The summed E-state index contributed by atoms with van der Waals surface area (Å²) < 4.78 is 41.1. The van der Waals surface area contributed by atoms with Crippen LogP contribution in [0.4, 0.5) is 0 Å². The van der Waals surface area contributed by atoms with E-state index in [1.54, 1.807) is 48.5 Å². The third-order valence-electron chi connectivity index (χ3n) is 5.39. The van der Waals surface area contributed by atoms with Crippen LogP contribution in [0.1, 0.15) is 44.9 Å². The summed E-state index contributed by atoms with van der Waals surface area (Å²) in [6, 6.07) is 12.9. The Morgan fingerprint density at radius 3 is 1.93 bits per heavy atom. The zero-order valence-electron chi connectivity index (χ0n) is 16.7. The Balaban J connectivity index is 1.98. The molecule has 2 aromatic rings. The molecule has 1 fully saturated rings. The molecule has 0 aliphatic carbocycles. The molecule has 1 heterocycles. The van der Waals surface area contributed by atoms with Gasteiger partial charge in [0.15, 0.2) is 6.29 Å². The average Bonchev–Trinajstić information content (AvgIpc) is 2.81. The molecule has 1 aliphatic heterocycles. The number of aryl methyl sites for hydroxylation is 1. The maximum atomic E-state index is 13.0. The Hall–Kier alpha value is -1.44. The van der Waals surface area contributed by atoms with E-state index in [1.165, 1.54) is 0 Å². The molecule has 0 bridgehead atoms. The van der Waals surface area contributed by atoms with E-state index in [-0.39, 0.29) is 4.90 Å². The molecule has 1 N–H and O–H groups in total. The van der Waals surface area contributed by atoms with Crippen LogP contribution in [-0.2, 0) is 19.5 Å². The van der Waals surface area contributed by atoms with Crippen LogP contribution in [0.5, 0.6) is 0 Å². The minimum Gasteiger partial charge on any atom is -0.342 e. The molecule has 0 aromatic heterocycles. The predicted molar refractivity (Wildman–Crippen MR) is 110 cm³/mol. The highest BCUT2D eigenvalue weighted by Crippen LogP contribution is 2.42. The molecule has 0 spiro atoms. The van der Waals surface area contributed by atoms with Crippen LogP contribution in [0.2, 0.25) is 5.02 Å². The summed E-state index contributed by atoms with van der Waals surface area (Å²) >= 11 is 6.01. The van der Waals surface area contributed by atoms with Crippen molar-refractivity contribution in [2.45, 2.75) is 63.0 Å². The Bertz CT molecular complexity index is 921. The Labute approximate surface area is 172 Å². The van der Waals surface area contributed by atoms with E-state index in [2.05, 4.69) is 4.72 Å². The van der Waals surface area contributed by atoms with E-state index in [1.807, 2.05) is 34.6 Å². The average molecular weight is 424 g/mol. The summed E-state index contributed by atoms with van der Waals surface area (Å²) in [4.78, 5) is 0.189. The zero-order valence-corrected chi connectivity index (χ0v) is 18.3. The molecular weight excluding hydrogens is 398 g/mol. The number of hydrogen-bond donors (Lipinski definition) is 1. The van der Waals surface area contributed by atoms with E-state index in [0.29, 0.717) is 10.6 Å². The van der Waals surface area contributed by atoms with Crippen LogP contribution in [0.15, 0.2) is 53.4 Å². The largest absolute Gasteiger partial charge is 0.342 e. The standard InChI is InChI=1S/C21H26ClNO4S/c1-14-6-12-17(13-7-14)28(24,25)23-18(15-8-10-16(22)11-9-15)19-26-20(2,3)21(4,5)27-19/h6-13,18-19,23H,1-5H3/t18-/m1/s1. The second kappa shape index (κ2) is 7.43. The Kier molecular flexibility index (Phi) is 5.64. The molecule has 1 saturated heterocycles. The summed E-state index contributed by atoms with van der Waals surface area (Å²) in [7, 11) is -3.79. The summed E-state index contributed by atoms with van der Waals surface area (Å²) in [5, 5.41) is 0.567. The number of hydrogen-bond acceptors (Lipinski definition) is 4. The van der Waals surface area contributed by atoms with Gasteiger partial charge in [-0.2, -0.15) is 4.72 Å². The van der Waals surface area contributed by atoms with Gasteiger partial charge in [-0.05, 0) is 64.4 Å². The van der Waals surface area contributed by atoms with Crippen molar-refractivity contribution in [1.82, 2.24) is 4.72 Å². The molecule has 3 rings (SSSR count). The van der Waals surface area contributed by atoms with Crippen LogP contribution >= 0.6 is 11.6 Å². The second-order valence-corrected chi connectivity index (χ2v) is 10.2. The van der Waals surface area contributed by atoms with Crippen LogP contribution in [-0.4, -0.2) is 25.9 Å². The van der Waals surface area contributed by atoms with E-state index in [9.17, 15) is 8.42 Å². The number of benzene rings is 2. The SMILES string of the molecule is Cc1ccc(S(=O)(=O)N[C@H](c2ccc(Cl)cc2)C2OC(C)(C)C(C)(C)O2)cc1. The van der Waals surface area contributed by atoms with Gasteiger partial charge in [0.1, 0.15) is 0 Å².